The predicted molar refractivity (Wildman–Crippen MR) is 102 cm³/mol. The lowest BCUT2D eigenvalue weighted by Gasteiger charge is -2.12. The van der Waals surface area contributed by atoms with Crippen LogP contribution in [0, 0.1) is 6.92 Å². The fourth-order valence-electron chi connectivity index (χ4n) is 2.86. The maximum absolute atomic E-state index is 11.9. The van der Waals surface area contributed by atoms with E-state index in [4.69, 9.17) is 14.0 Å². The predicted octanol–water partition coefficient (Wildman–Crippen LogP) is 3.97. The van der Waals surface area contributed by atoms with Gasteiger partial charge in [-0.3, -0.25) is 4.79 Å². The van der Waals surface area contributed by atoms with Crippen LogP contribution >= 0.6 is 11.8 Å². The normalized spacial score (nSPS) is 15.4. The number of rotatable bonds is 8. The van der Waals surface area contributed by atoms with Gasteiger partial charge in [0.25, 0.3) is 0 Å². The van der Waals surface area contributed by atoms with Crippen LogP contribution in [0.3, 0.4) is 0 Å². The molecule has 6 nitrogen and oxygen atoms in total. The minimum absolute atomic E-state index is 0.0676. The molecule has 1 aliphatic rings. The molecular weight excluding hydrogens is 352 g/mol. The van der Waals surface area contributed by atoms with Gasteiger partial charge in [-0.25, -0.2) is 0 Å². The highest BCUT2D eigenvalue weighted by atomic mass is 32.2. The number of anilines is 1. The van der Waals surface area contributed by atoms with E-state index < -0.39 is 0 Å². The molecule has 1 amide bonds. The molecule has 2 heterocycles. The standard InChI is InChI=1S/C19H24N2O4S/c1-4-23-16-9-14-7-12(2)24-17(14)10-15(16)11-26-6-5-19(22)20-18-8-13(3)25-21-18/h8-10,12H,4-7,11H2,1-3H3,(H,20,21,22)/t12-/m0/s1. The fraction of sp³-hybridized carbons (Fsp3) is 0.474. The van der Waals surface area contributed by atoms with Crippen molar-refractivity contribution < 1.29 is 18.8 Å². The molecular formula is C19H24N2O4S. The highest BCUT2D eigenvalue weighted by Gasteiger charge is 2.21. The van der Waals surface area contributed by atoms with Crippen molar-refractivity contribution in [3.8, 4) is 11.5 Å². The van der Waals surface area contributed by atoms with E-state index >= 15 is 0 Å². The molecule has 140 valence electrons. The molecule has 0 saturated carbocycles. The number of carbonyl (C=O) groups excluding carboxylic acids is 1. The van der Waals surface area contributed by atoms with Gasteiger partial charge in [-0.2, -0.15) is 11.8 Å². The lowest BCUT2D eigenvalue weighted by molar-refractivity contribution is -0.115. The minimum Gasteiger partial charge on any atom is -0.494 e. The molecule has 0 bridgehead atoms. The molecule has 1 N–H and O–H groups in total. The average molecular weight is 376 g/mol. The number of nitrogens with zero attached hydrogens (tertiary/aromatic N) is 1. The number of aryl methyl sites for hydroxylation is 1. The van der Waals surface area contributed by atoms with Crippen LogP contribution in [0.4, 0.5) is 5.82 Å². The summed E-state index contributed by atoms with van der Waals surface area (Å²) in [5.41, 5.74) is 2.31. The topological polar surface area (TPSA) is 73.6 Å². The van der Waals surface area contributed by atoms with Crippen molar-refractivity contribution in [2.75, 3.05) is 17.7 Å². The number of fused-ring (bicyclic) bond motifs is 1. The van der Waals surface area contributed by atoms with Crippen molar-refractivity contribution >= 4 is 23.5 Å². The number of carbonyl (C=O) groups is 1. The lowest BCUT2D eigenvalue weighted by atomic mass is 10.1. The molecule has 3 rings (SSSR count). The van der Waals surface area contributed by atoms with E-state index in [-0.39, 0.29) is 12.0 Å². The molecule has 1 aliphatic heterocycles. The number of benzene rings is 1. The van der Waals surface area contributed by atoms with E-state index in [0.29, 0.717) is 30.4 Å². The minimum atomic E-state index is -0.0676. The SMILES string of the molecule is CCOc1cc2c(cc1CSCCC(=O)Nc1cc(C)on1)O[C@@H](C)C2. The Labute approximate surface area is 157 Å². The first-order valence-corrected chi connectivity index (χ1v) is 9.96. The summed E-state index contributed by atoms with van der Waals surface area (Å²) in [7, 11) is 0. The van der Waals surface area contributed by atoms with Gasteiger partial charge in [0.1, 0.15) is 23.4 Å². The van der Waals surface area contributed by atoms with Crippen LogP contribution in [0.5, 0.6) is 11.5 Å². The molecule has 7 heteroatoms. The third-order valence-corrected chi connectivity index (χ3v) is 5.01. The zero-order chi connectivity index (χ0) is 18.5. The first-order chi connectivity index (χ1) is 12.5. The van der Waals surface area contributed by atoms with Gasteiger partial charge in [-0.15, -0.1) is 0 Å². The van der Waals surface area contributed by atoms with E-state index in [2.05, 4.69) is 29.5 Å². The number of thioether (sulfide) groups is 1. The summed E-state index contributed by atoms with van der Waals surface area (Å²) in [6.45, 7) is 6.48. The summed E-state index contributed by atoms with van der Waals surface area (Å²) >= 11 is 1.70. The Kier molecular flexibility index (Phi) is 6.08. The second-order valence-electron chi connectivity index (χ2n) is 6.31. The third-order valence-electron chi connectivity index (χ3n) is 4.01. The number of hydrogen-bond donors (Lipinski definition) is 1. The second kappa shape index (κ2) is 8.49. The third kappa shape index (κ3) is 4.72. The number of aromatic nitrogens is 1. The highest BCUT2D eigenvalue weighted by Crippen LogP contribution is 2.36. The largest absolute Gasteiger partial charge is 0.494 e. The fourth-order valence-corrected chi connectivity index (χ4v) is 3.78. The number of ether oxygens (including phenoxy) is 2. The van der Waals surface area contributed by atoms with E-state index in [0.717, 1.165) is 29.2 Å². The summed E-state index contributed by atoms with van der Waals surface area (Å²) in [6.07, 6.45) is 1.55. The van der Waals surface area contributed by atoms with Crippen LogP contribution in [0.25, 0.3) is 0 Å². The zero-order valence-corrected chi connectivity index (χ0v) is 16.1. The summed E-state index contributed by atoms with van der Waals surface area (Å²) < 4.78 is 16.6. The van der Waals surface area contributed by atoms with Crippen LogP contribution < -0.4 is 14.8 Å². The van der Waals surface area contributed by atoms with Crippen molar-refractivity contribution in [1.82, 2.24) is 5.16 Å². The Morgan fingerprint density at radius 2 is 2.27 bits per heavy atom. The summed E-state index contributed by atoms with van der Waals surface area (Å²) in [5, 5.41) is 6.49. The van der Waals surface area contributed by atoms with Gasteiger partial charge < -0.3 is 19.3 Å². The van der Waals surface area contributed by atoms with Gasteiger partial charge in [-0.05, 0) is 32.9 Å². The van der Waals surface area contributed by atoms with Gasteiger partial charge in [0, 0.05) is 41.5 Å². The first-order valence-electron chi connectivity index (χ1n) is 8.81. The van der Waals surface area contributed by atoms with Crippen LogP contribution in [-0.4, -0.2) is 29.5 Å². The molecule has 0 spiro atoms. The zero-order valence-electron chi connectivity index (χ0n) is 15.3. The quantitative estimate of drug-likeness (QED) is 0.703. The molecule has 1 aromatic heterocycles. The van der Waals surface area contributed by atoms with E-state index in [1.165, 1.54) is 5.56 Å². The van der Waals surface area contributed by atoms with Crippen molar-refractivity contribution in [3.05, 3.63) is 35.1 Å². The van der Waals surface area contributed by atoms with Gasteiger partial charge in [0.05, 0.1) is 6.61 Å². The maximum atomic E-state index is 11.9. The Bertz CT molecular complexity index is 775. The average Bonchev–Trinajstić information content (AvgIpc) is 3.15. The van der Waals surface area contributed by atoms with Crippen LogP contribution in [0.2, 0.25) is 0 Å². The molecule has 0 aliphatic carbocycles. The van der Waals surface area contributed by atoms with Crippen molar-refractivity contribution in [1.29, 1.82) is 0 Å². The first kappa shape index (κ1) is 18.6. The number of nitrogens with one attached hydrogen (secondary N) is 1. The van der Waals surface area contributed by atoms with Gasteiger partial charge in [0.15, 0.2) is 5.82 Å². The smallest absolute Gasteiger partial charge is 0.226 e. The summed E-state index contributed by atoms with van der Waals surface area (Å²) in [5.74, 6) is 4.42. The Hall–Kier alpha value is -2.15. The summed E-state index contributed by atoms with van der Waals surface area (Å²) in [6, 6.07) is 5.87. The van der Waals surface area contributed by atoms with Crippen LogP contribution in [-0.2, 0) is 17.0 Å². The van der Waals surface area contributed by atoms with Crippen molar-refractivity contribution in [2.45, 2.75) is 45.5 Å². The van der Waals surface area contributed by atoms with E-state index in [9.17, 15) is 4.79 Å². The van der Waals surface area contributed by atoms with E-state index in [1.807, 2.05) is 6.92 Å². The second-order valence-corrected chi connectivity index (χ2v) is 7.41. The molecule has 0 radical (unpaired) electrons. The van der Waals surface area contributed by atoms with E-state index in [1.54, 1.807) is 24.8 Å². The van der Waals surface area contributed by atoms with Gasteiger partial charge >= 0.3 is 0 Å². The van der Waals surface area contributed by atoms with Crippen LogP contribution in [0.15, 0.2) is 22.7 Å². The Morgan fingerprint density at radius 3 is 3.00 bits per heavy atom. The number of hydrogen-bond acceptors (Lipinski definition) is 6. The molecule has 1 aromatic carbocycles. The van der Waals surface area contributed by atoms with Gasteiger partial charge in [-0.1, -0.05) is 5.16 Å². The molecule has 0 unspecified atom stereocenters. The van der Waals surface area contributed by atoms with Crippen LogP contribution in [0.1, 0.15) is 37.2 Å². The number of amides is 1. The molecule has 2 aromatic rings. The maximum Gasteiger partial charge on any atom is 0.226 e. The molecule has 1 atom stereocenters. The Balaban J connectivity index is 1.51. The Morgan fingerprint density at radius 1 is 1.42 bits per heavy atom. The monoisotopic (exact) mass is 376 g/mol. The highest BCUT2D eigenvalue weighted by molar-refractivity contribution is 7.98. The van der Waals surface area contributed by atoms with Gasteiger partial charge in [0.2, 0.25) is 5.91 Å². The molecule has 0 saturated heterocycles. The van der Waals surface area contributed by atoms with Crippen molar-refractivity contribution in [3.63, 3.8) is 0 Å². The molecule has 0 fully saturated rings. The molecule has 26 heavy (non-hydrogen) atoms. The lowest BCUT2D eigenvalue weighted by Crippen LogP contribution is -2.12. The summed E-state index contributed by atoms with van der Waals surface area (Å²) in [4.78, 5) is 11.9. The van der Waals surface area contributed by atoms with Crippen molar-refractivity contribution in [2.24, 2.45) is 0 Å².